The number of carboxylic acids is 1. The molecule has 0 saturated heterocycles. The number of carbonyl (C=O) groups is 2. The summed E-state index contributed by atoms with van der Waals surface area (Å²) in [6, 6.07) is 3.74. The van der Waals surface area contributed by atoms with Gasteiger partial charge in [0.2, 0.25) is 0 Å². The van der Waals surface area contributed by atoms with Crippen molar-refractivity contribution in [2.45, 2.75) is 25.7 Å². The average molecular weight is 315 g/mol. The van der Waals surface area contributed by atoms with Crippen LogP contribution in [0.1, 0.15) is 25.7 Å². The Morgan fingerprint density at radius 2 is 2.10 bits per heavy atom. The van der Waals surface area contributed by atoms with E-state index in [0.717, 1.165) is 19.3 Å². The minimum absolute atomic E-state index is 0.0131. The highest BCUT2D eigenvalue weighted by Crippen LogP contribution is 2.43. The van der Waals surface area contributed by atoms with Gasteiger partial charge in [-0.1, -0.05) is 24.1 Å². The molecule has 7 heteroatoms. The van der Waals surface area contributed by atoms with E-state index < -0.39 is 17.8 Å². The Labute approximate surface area is 126 Å². The molecule has 1 aliphatic rings. The van der Waals surface area contributed by atoms with Gasteiger partial charge in [-0.2, -0.15) is 0 Å². The number of anilines is 1. The minimum Gasteiger partial charge on any atom is -0.481 e. The molecule has 21 heavy (non-hydrogen) atoms. The maximum atomic E-state index is 13.6. The van der Waals surface area contributed by atoms with Gasteiger partial charge in [0.1, 0.15) is 0 Å². The van der Waals surface area contributed by atoms with Crippen molar-refractivity contribution in [3.05, 3.63) is 29.0 Å². The van der Waals surface area contributed by atoms with Crippen LogP contribution in [0.15, 0.2) is 18.2 Å². The van der Waals surface area contributed by atoms with Crippen molar-refractivity contribution in [2.24, 2.45) is 5.41 Å². The Kier molecular flexibility index (Phi) is 4.67. The lowest BCUT2D eigenvalue weighted by atomic mass is 9.66. The smallest absolute Gasteiger partial charge is 0.319 e. The fraction of sp³-hybridized carbons (Fsp3) is 0.429. The number of halogens is 2. The van der Waals surface area contributed by atoms with Gasteiger partial charge in [0.25, 0.3) is 0 Å². The molecule has 0 bridgehead atoms. The predicted molar refractivity (Wildman–Crippen MR) is 77.0 cm³/mol. The van der Waals surface area contributed by atoms with Crippen LogP contribution in [-0.4, -0.2) is 23.7 Å². The Morgan fingerprint density at radius 1 is 1.38 bits per heavy atom. The van der Waals surface area contributed by atoms with E-state index in [2.05, 4.69) is 10.6 Å². The molecule has 2 amide bonds. The first-order valence-corrected chi connectivity index (χ1v) is 7.00. The number of benzene rings is 1. The molecular formula is C14H16ClFN2O3. The highest BCUT2D eigenvalue weighted by Gasteiger charge is 2.39. The fourth-order valence-corrected chi connectivity index (χ4v) is 2.62. The van der Waals surface area contributed by atoms with Crippen LogP contribution in [0.4, 0.5) is 14.9 Å². The van der Waals surface area contributed by atoms with Crippen LogP contribution in [0.5, 0.6) is 0 Å². The average Bonchev–Trinajstić information content (AvgIpc) is 2.37. The Hall–Kier alpha value is -1.82. The molecular weight excluding hydrogens is 299 g/mol. The zero-order valence-electron chi connectivity index (χ0n) is 11.3. The van der Waals surface area contributed by atoms with E-state index in [9.17, 15) is 14.0 Å². The Balaban J connectivity index is 1.90. The number of hydrogen-bond donors (Lipinski definition) is 3. The standard InChI is InChI=1S/C14H16ClFN2O3/c15-9-3-1-4-10(12(9)16)18-13(21)17-8-14(5-2-6-14)7-11(19)20/h1,3-4H,2,5-8H2,(H,19,20)(H2,17,18,21). The molecule has 0 spiro atoms. The molecule has 114 valence electrons. The van der Waals surface area contributed by atoms with Gasteiger partial charge in [-0.25, -0.2) is 9.18 Å². The second-order valence-corrected chi connectivity index (χ2v) is 5.74. The van der Waals surface area contributed by atoms with Crippen molar-refractivity contribution < 1.29 is 19.1 Å². The number of aliphatic carboxylic acids is 1. The maximum Gasteiger partial charge on any atom is 0.319 e. The van der Waals surface area contributed by atoms with Crippen molar-refractivity contribution in [3.63, 3.8) is 0 Å². The van der Waals surface area contributed by atoms with E-state index in [-0.39, 0.29) is 29.1 Å². The number of hydrogen-bond acceptors (Lipinski definition) is 2. The van der Waals surface area contributed by atoms with Crippen molar-refractivity contribution in [1.82, 2.24) is 5.32 Å². The van der Waals surface area contributed by atoms with Crippen molar-refractivity contribution in [3.8, 4) is 0 Å². The van der Waals surface area contributed by atoms with Gasteiger partial charge in [-0.05, 0) is 30.4 Å². The maximum absolute atomic E-state index is 13.6. The number of urea groups is 1. The molecule has 0 aliphatic heterocycles. The quantitative estimate of drug-likeness (QED) is 0.780. The van der Waals surface area contributed by atoms with Crippen LogP contribution in [0, 0.1) is 11.2 Å². The third-order valence-electron chi connectivity index (χ3n) is 3.76. The number of carbonyl (C=O) groups excluding carboxylic acids is 1. The second-order valence-electron chi connectivity index (χ2n) is 5.33. The third-order valence-corrected chi connectivity index (χ3v) is 4.06. The predicted octanol–water partition coefficient (Wildman–Crippen LogP) is 3.25. The summed E-state index contributed by atoms with van der Waals surface area (Å²) in [6.07, 6.45) is 2.52. The molecule has 0 aromatic heterocycles. The molecule has 0 radical (unpaired) electrons. The number of carboxylic acid groups (broad SMARTS) is 1. The number of rotatable bonds is 5. The second kappa shape index (κ2) is 6.30. The summed E-state index contributed by atoms with van der Waals surface area (Å²) in [5.41, 5.74) is -0.392. The molecule has 5 nitrogen and oxygen atoms in total. The van der Waals surface area contributed by atoms with E-state index in [1.54, 1.807) is 0 Å². The Bertz CT molecular complexity index is 561. The monoisotopic (exact) mass is 314 g/mol. The molecule has 1 aromatic rings. The Morgan fingerprint density at radius 3 is 2.67 bits per heavy atom. The van der Waals surface area contributed by atoms with Crippen LogP contribution in [0.2, 0.25) is 5.02 Å². The minimum atomic E-state index is -0.877. The van der Waals surface area contributed by atoms with Crippen LogP contribution in [0.3, 0.4) is 0 Å². The van der Waals surface area contributed by atoms with Gasteiger partial charge in [-0.3, -0.25) is 4.79 Å². The molecule has 0 heterocycles. The topological polar surface area (TPSA) is 78.4 Å². The van der Waals surface area contributed by atoms with Crippen LogP contribution in [-0.2, 0) is 4.79 Å². The van der Waals surface area contributed by atoms with E-state index in [4.69, 9.17) is 16.7 Å². The number of amides is 2. The molecule has 0 atom stereocenters. The zero-order chi connectivity index (χ0) is 15.5. The lowest BCUT2D eigenvalue weighted by Crippen LogP contribution is -2.44. The first-order valence-electron chi connectivity index (χ1n) is 6.63. The summed E-state index contributed by atoms with van der Waals surface area (Å²) in [7, 11) is 0. The first kappa shape index (κ1) is 15.6. The van der Waals surface area contributed by atoms with Crippen molar-refractivity contribution >= 4 is 29.3 Å². The lowest BCUT2D eigenvalue weighted by molar-refractivity contribution is -0.141. The summed E-state index contributed by atoms with van der Waals surface area (Å²) in [5.74, 6) is -1.57. The van der Waals surface area contributed by atoms with E-state index >= 15 is 0 Å². The summed E-state index contributed by atoms with van der Waals surface area (Å²) in [6.45, 7) is 0.257. The van der Waals surface area contributed by atoms with E-state index in [1.807, 2.05) is 0 Å². The normalized spacial score (nSPS) is 15.9. The zero-order valence-corrected chi connectivity index (χ0v) is 12.0. The van der Waals surface area contributed by atoms with Crippen LogP contribution < -0.4 is 10.6 Å². The highest BCUT2D eigenvalue weighted by atomic mass is 35.5. The SMILES string of the molecule is O=C(O)CC1(CNC(=O)Nc2cccc(Cl)c2F)CCC1. The largest absolute Gasteiger partial charge is 0.481 e. The van der Waals surface area contributed by atoms with Gasteiger partial charge in [0.05, 0.1) is 17.1 Å². The summed E-state index contributed by atoms with van der Waals surface area (Å²) in [5, 5.41) is 13.8. The van der Waals surface area contributed by atoms with E-state index in [1.165, 1.54) is 18.2 Å². The van der Waals surface area contributed by atoms with Crippen LogP contribution >= 0.6 is 11.6 Å². The summed E-state index contributed by atoms with van der Waals surface area (Å²) < 4.78 is 13.6. The summed E-state index contributed by atoms with van der Waals surface area (Å²) in [4.78, 5) is 22.6. The molecule has 1 saturated carbocycles. The van der Waals surface area contributed by atoms with Crippen molar-refractivity contribution in [2.75, 3.05) is 11.9 Å². The molecule has 0 unspecified atom stereocenters. The molecule has 1 aromatic carbocycles. The van der Waals surface area contributed by atoms with Gasteiger partial charge in [-0.15, -0.1) is 0 Å². The van der Waals surface area contributed by atoms with Crippen molar-refractivity contribution in [1.29, 1.82) is 0 Å². The van der Waals surface area contributed by atoms with Gasteiger partial charge in [0.15, 0.2) is 5.82 Å². The fourth-order valence-electron chi connectivity index (χ4n) is 2.45. The molecule has 2 rings (SSSR count). The highest BCUT2D eigenvalue weighted by molar-refractivity contribution is 6.31. The summed E-state index contributed by atoms with van der Waals surface area (Å²) >= 11 is 5.62. The van der Waals surface area contributed by atoms with Gasteiger partial charge in [0, 0.05) is 6.54 Å². The van der Waals surface area contributed by atoms with Gasteiger partial charge < -0.3 is 15.7 Å². The molecule has 3 N–H and O–H groups in total. The molecule has 1 aliphatic carbocycles. The molecule has 1 fully saturated rings. The van der Waals surface area contributed by atoms with Crippen LogP contribution in [0.25, 0.3) is 0 Å². The van der Waals surface area contributed by atoms with Gasteiger partial charge >= 0.3 is 12.0 Å². The third kappa shape index (κ3) is 3.85. The number of nitrogens with one attached hydrogen (secondary N) is 2. The van der Waals surface area contributed by atoms with E-state index in [0.29, 0.717) is 0 Å². The lowest BCUT2D eigenvalue weighted by Gasteiger charge is -2.40. The first-order chi connectivity index (χ1) is 9.92.